The Balaban J connectivity index is 0.00000261. The molecule has 1 N–H and O–H groups in total. The van der Waals surface area contributed by atoms with Crippen molar-refractivity contribution in [3.05, 3.63) is 17.4 Å². The fourth-order valence-corrected chi connectivity index (χ4v) is 4.91. The van der Waals surface area contributed by atoms with Gasteiger partial charge in [0.15, 0.2) is 0 Å². The highest BCUT2D eigenvalue weighted by atomic mass is 35.5. The van der Waals surface area contributed by atoms with Crippen molar-refractivity contribution < 1.29 is 27.2 Å². The Morgan fingerprint density at radius 3 is 2.78 bits per heavy atom. The lowest BCUT2D eigenvalue weighted by Crippen LogP contribution is -2.57. The molecular weight excluding hydrogens is 398 g/mol. The maximum absolute atomic E-state index is 12.9. The van der Waals surface area contributed by atoms with Crippen molar-refractivity contribution in [3.63, 3.8) is 0 Å². The molecule has 1 aromatic heterocycles. The molecule has 9 nitrogen and oxygen atoms in total. The Morgan fingerprint density at radius 2 is 2.11 bits per heavy atom. The number of nitrogens with zero attached hydrogens (tertiary/aromatic N) is 2. The molecule has 0 radical (unpaired) electrons. The predicted octanol–water partition coefficient (Wildman–Crippen LogP) is 0.381. The van der Waals surface area contributed by atoms with Gasteiger partial charge in [-0.3, -0.25) is 4.79 Å². The summed E-state index contributed by atoms with van der Waals surface area (Å²) in [6.45, 7) is 3.65. The fraction of sp³-hybridized carbons (Fsp3) is 0.625. The van der Waals surface area contributed by atoms with Crippen molar-refractivity contribution >= 4 is 34.3 Å². The average Bonchev–Trinajstić information content (AvgIpc) is 3.04. The highest BCUT2D eigenvalue weighted by Crippen LogP contribution is 2.27. The highest BCUT2D eigenvalue weighted by Gasteiger charge is 2.37. The van der Waals surface area contributed by atoms with Crippen LogP contribution in [0.25, 0.3) is 0 Å². The normalized spacial score (nSPS) is 21.6. The number of hydrogen-bond donors (Lipinski definition) is 1. The number of esters is 1. The lowest BCUT2D eigenvalue weighted by molar-refractivity contribution is -0.135. The van der Waals surface area contributed by atoms with Crippen LogP contribution in [-0.2, 0) is 19.6 Å². The van der Waals surface area contributed by atoms with Gasteiger partial charge >= 0.3 is 5.97 Å². The van der Waals surface area contributed by atoms with E-state index in [1.165, 1.54) is 24.4 Å². The van der Waals surface area contributed by atoms with E-state index in [0.29, 0.717) is 26.1 Å². The predicted molar refractivity (Wildman–Crippen MR) is 98.4 cm³/mol. The molecule has 3 rings (SSSR count). The molecule has 3 heterocycles. The molecule has 0 aromatic carbocycles. The third kappa shape index (κ3) is 4.29. The summed E-state index contributed by atoms with van der Waals surface area (Å²) in [5, 5.41) is 2.74. The largest absolute Gasteiger partial charge is 0.465 e. The minimum Gasteiger partial charge on any atom is -0.465 e. The van der Waals surface area contributed by atoms with Gasteiger partial charge in [0.05, 0.1) is 13.7 Å². The summed E-state index contributed by atoms with van der Waals surface area (Å²) in [5.41, 5.74) is 0.0944. The molecule has 2 fully saturated rings. The molecule has 2 aliphatic rings. The van der Waals surface area contributed by atoms with Crippen LogP contribution in [0.3, 0.4) is 0 Å². The topological polar surface area (TPSA) is 109 Å². The van der Waals surface area contributed by atoms with Crippen molar-refractivity contribution in [3.8, 4) is 0 Å². The zero-order chi connectivity index (χ0) is 18.9. The third-order valence-electron chi connectivity index (χ3n) is 4.82. The fourth-order valence-electron chi connectivity index (χ4n) is 3.42. The molecular formula is C16H24ClN3O6S. The van der Waals surface area contributed by atoms with Crippen LogP contribution < -0.4 is 5.32 Å². The van der Waals surface area contributed by atoms with E-state index < -0.39 is 16.0 Å². The maximum Gasteiger partial charge on any atom is 0.341 e. The standard InChI is InChI=1S/C16H23N3O6S.ClH/c1-11-13(16(21)24-2)8-15(25-11)26(22,23)18-6-3-4-12(10-18)19-7-5-17-9-14(19)20;/h8,12,17H,3-7,9-10H2,1-2H3;1H. The summed E-state index contributed by atoms with van der Waals surface area (Å²) < 4.78 is 37.2. The van der Waals surface area contributed by atoms with E-state index in [9.17, 15) is 18.0 Å². The molecule has 1 unspecified atom stereocenters. The number of halogens is 1. The number of sulfonamides is 1. The second-order valence-corrected chi connectivity index (χ2v) is 8.32. The Kier molecular flexibility index (Phi) is 6.90. The molecule has 152 valence electrons. The number of piperidine rings is 1. The van der Waals surface area contributed by atoms with Crippen molar-refractivity contribution in [2.75, 3.05) is 39.8 Å². The molecule has 2 saturated heterocycles. The Labute approximate surface area is 164 Å². The lowest BCUT2D eigenvalue weighted by atomic mass is 10.1. The van der Waals surface area contributed by atoms with Crippen molar-refractivity contribution in [2.24, 2.45) is 0 Å². The van der Waals surface area contributed by atoms with E-state index >= 15 is 0 Å². The number of nitrogens with one attached hydrogen (secondary N) is 1. The number of piperazine rings is 1. The highest BCUT2D eigenvalue weighted by molar-refractivity contribution is 7.89. The van der Waals surface area contributed by atoms with Gasteiger partial charge in [-0.25, -0.2) is 13.2 Å². The van der Waals surface area contributed by atoms with Crippen LogP contribution in [0, 0.1) is 6.92 Å². The zero-order valence-electron chi connectivity index (χ0n) is 15.3. The summed E-state index contributed by atoms with van der Waals surface area (Å²) >= 11 is 0. The van der Waals surface area contributed by atoms with Gasteiger partial charge in [0, 0.05) is 38.3 Å². The van der Waals surface area contributed by atoms with Crippen LogP contribution in [0.2, 0.25) is 0 Å². The number of amides is 1. The Bertz CT molecular complexity index is 809. The molecule has 27 heavy (non-hydrogen) atoms. The van der Waals surface area contributed by atoms with Crippen LogP contribution in [0.5, 0.6) is 0 Å². The van der Waals surface area contributed by atoms with Crippen LogP contribution in [0.4, 0.5) is 0 Å². The Hall–Kier alpha value is -1.62. The first-order valence-electron chi connectivity index (χ1n) is 8.53. The SMILES string of the molecule is COC(=O)c1cc(S(=O)(=O)N2CCCC(N3CCNCC3=O)C2)oc1C.Cl. The summed E-state index contributed by atoms with van der Waals surface area (Å²) in [7, 11) is -2.66. The molecule has 1 amide bonds. The zero-order valence-corrected chi connectivity index (χ0v) is 16.9. The number of carbonyl (C=O) groups excluding carboxylic acids is 2. The quantitative estimate of drug-likeness (QED) is 0.700. The number of ether oxygens (including phenoxy) is 1. The minimum atomic E-state index is -3.89. The number of hydrogen-bond acceptors (Lipinski definition) is 7. The summed E-state index contributed by atoms with van der Waals surface area (Å²) in [6, 6.07) is 1.06. The molecule has 0 aliphatic carbocycles. The molecule has 1 aromatic rings. The van der Waals surface area contributed by atoms with Crippen molar-refractivity contribution in [1.29, 1.82) is 0 Å². The minimum absolute atomic E-state index is 0. The van der Waals surface area contributed by atoms with E-state index in [0.717, 1.165) is 6.42 Å². The molecule has 0 bridgehead atoms. The van der Waals surface area contributed by atoms with E-state index in [4.69, 9.17) is 4.42 Å². The van der Waals surface area contributed by atoms with Gasteiger partial charge in [-0.2, -0.15) is 4.31 Å². The number of methoxy groups -OCH3 is 1. The third-order valence-corrected chi connectivity index (χ3v) is 6.54. The number of rotatable bonds is 4. The summed E-state index contributed by atoms with van der Waals surface area (Å²) in [4.78, 5) is 25.6. The van der Waals surface area contributed by atoms with Crippen molar-refractivity contribution in [1.82, 2.24) is 14.5 Å². The molecule has 1 atom stereocenters. The molecule has 0 spiro atoms. The smallest absolute Gasteiger partial charge is 0.341 e. The molecule has 0 saturated carbocycles. The number of furan rings is 1. The number of aryl methyl sites for hydroxylation is 1. The first-order chi connectivity index (χ1) is 12.3. The summed E-state index contributed by atoms with van der Waals surface area (Å²) in [6.07, 6.45) is 1.42. The molecule has 11 heteroatoms. The van der Waals surface area contributed by atoms with Gasteiger partial charge in [0.1, 0.15) is 11.3 Å². The second-order valence-electron chi connectivity index (χ2n) is 6.45. The maximum atomic E-state index is 12.9. The lowest BCUT2D eigenvalue weighted by Gasteiger charge is -2.40. The van der Waals surface area contributed by atoms with E-state index in [2.05, 4.69) is 10.1 Å². The van der Waals surface area contributed by atoms with E-state index in [-0.39, 0.29) is 53.9 Å². The van der Waals surface area contributed by atoms with Gasteiger partial charge in [0.2, 0.25) is 11.0 Å². The van der Waals surface area contributed by atoms with Crippen molar-refractivity contribution in [2.45, 2.75) is 30.9 Å². The van der Waals surface area contributed by atoms with Gasteiger partial charge in [-0.05, 0) is 19.8 Å². The van der Waals surface area contributed by atoms with Gasteiger partial charge in [-0.1, -0.05) is 0 Å². The molecule has 2 aliphatic heterocycles. The van der Waals surface area contributed by atoms with Crippen LogP contribution in [0.1, 0.15) is 29.0 Å². The summed E-state index contributed by atoms with van der Waals surface area (Å²) in [5.74, 6) is -0.459. The van der Waals surface area contributed by atoms with E-state index in [1.807, 2.05) is 0 Å². The van der Waals surface area contributed by atoms with Crippen LogP contribution in [0.15, 0.2) is 15.6 Å². The van der Waals surface area contributed by atoms with Gasteiger partial charge in [0.25, 0.3) is 10.0 Å². The average molecular weight is 422 g/mol. The Morgan fingerprint density at radius 1 is 1.37 bits per heavy atom. The number of carbonyl (C=O) groups is 2. The van der Waals surface area contributed by atoms with Crippen LogP contribution >= 0.6 is 12.4 Å². The first kappa shape index (κ1) is 21.7. The first-order valence-corrected chi connectivity index (χ1v) is 9.97. The monoisotopic (exact) mass is 421 g/mol. The second kappa shape index (κ2) is 8.59. The van der Waals surface area contributed by atoms with Gasteiger partial charge in [-0.15, -0.1) is 12.4 Å². The van der Waals surface area contributed by atoms with Gasteiger partial charge < -0.3 is 19.4 Å². The van der Waals surface area contributed by atoms with Crippen LogP contribution in [-0.4, -0.2) is 75.4 Å². The van der Waals surface area contributed by atoms with E-state index in [1.54, 1.807) is 4.90 Å².